The van der Waals surface area contributed by atoms with E-state index in [0.29, 0.717) is 6.54 Å². The number of nitrogens with one attached hydrogen (secondary N) is 1. The van der Waals surface area contributed by atoms with Gasteiger partial charge >= 0.3 is 0 Å². The zero-order valence-electron chi connectivity index (χ0n) is 11.4. The monoisotopic (exact) mass is 324 g/mol. The third kappa shape index (κ3) is 4.05. The van der Waals surface area contributed by atoms with Gasteiger partial charge in [-0.05, 0) is 37.8 Å². The van der Waals surface area contributed by atoms with Crippen LogP contribution in [0, 0.1) is 0 Å². The number of amides is 1. The van der Waals surface area contributed by atoms with E-state index in [1.807, 2.05) is 23.1 Å². The summed E-state index contributed by atoms with van der Waals surface area (Å²) in [4.78, 5) is 14.0. The number of rotatable bonds is 4. The Morgan fingerprint density at radius 3 is 2.68 bits per heavy atom. The Kier molecular flexibility index (Phi) is 5.40. The molecule has 1 atom stereocenters. The minimum atomic E-state index is 0.171. The van der Waals surface area contributed by atoms with Gasteiger partial charge in [0.15, 0.2) is 0 Å². The van der Waals surface area contributed by atoms with Crippen molar-refractivity contribution in [1.29, 1.82) is 0 Å². The zero-order valence-corrected chi connectivity index (χ0v) is 12.9. The summed E-state index contributed by atoms with van der Waals surface area (Å²) in [5.41, 5.74) is 1.19. The Hall–Kier alpha value is -0.870. The molecule has 104 valence electrons. The summed E-state index contributed by atoms with van der Waals surface area (Å²) in [6.45, 7) is 4.35. The summed E-state index contributed by atoms with van der Waals surface area (Å²) >= 11 is 3.55. The van der Waals surface area contributed by atoms with E-state index in [9.17, 15) is 4.79 Å². The number of carbonyl (C=O) groups is 1. The van der Waals surface area contributed by atoms with Crippen LogP contribution in [0.4, 0.5) is 0 Å². The van der Waals surface area contributed by atoms with Crippen LogP contribution in [0.1, 0.15) is 37.8 Å². The Morgan fingerprint density at radius 2 is 2.00 bits per heavy atom. The van der Waals surface area contributed by atoms with Gasteiger partial charge < -0.3 is 10.2 Å². The first kappa shape index (κ1) is 14.5. The minimum absolute atomic E-state index is 0.171. The molecule has 0 radical (unpaired) electrons. The molecule has 0 saturated carbocycles. The summed E-state index contributed by atoms with van der Waals surface area (Å²) in [5, 5.41) is 3.32. The molecule has 1 saturated heterocycles. The van der Waals surface area contributed by atoms with Crippen LogP contribution >= 0.6 is 15.9 Å². The van der Waals surface area contributed by atoms with Crippen molar-refractivity contribution in [3.63, 3.8) is 0 Å². The molecule has 0 bridgehead atoms. The number of hydrogen-bond donors (Lipinski definition) is 1. The van der Waals surface area contributed by atoms with E-state index in [2.05, 4.69) is 34.2 Å². The first-order chi connectivity index (χ1) is 9.18. The van der Waals surface area contributed by atoms with Gasteiger partial charge in [0, 0.05) is 23.6 Å². The van der Waals surface area contributed by atoms with Crippen molar-refractivity contribution in [2.24, 2.45) is 0 Å². The number of nitrogens with zero attached hydrogens (tertiary/aromatic N) is 1. The highest BCUT2D eigenvalue weighted by molar-refractivity contribution is 9.10. The summed E-state index contributed by atoms with van der Waals surface area (Å²) in [6, 6.07) is 8.29. The zero-order chi connectivity index (χ0) is 13.7. The molecule has 4 heteroatoms. The van der Waals surface area contributed by atoms with Gasteiger partial charge in [-0.15, -0.1) is 0 Å². The molecule has 1 N–H and O–H groups in total. The van der Waals surface area contributed by atoms with E-state index >= 15 is 0 Å². The van der Waals surface area contributed by atoms with Crippen molar-refractivity contribution in [2.75, 3.05) is 19.6 Å². The van der Waals surface area contributed by atoms with Crippen molar-refractivity contribution in [3.8, 4) is 0 Å². The van der Waals surface area contributed by atoms with Crippen molar-refractivity contribution < 1.29 is 4.79 Å². The number of carbonyl (C=O) groups excluding carboxylic acids is 1. The van der Waals surface area contributed by atoms with E-state index in [1.54, 1.807) is 0 Å². The molecule has 1 amide bonds. The molecular weight excluding hydrogens is 304 g/mol. The standard InChI is InChI=1S/C15H21BrN2O/c1-12(13-7-3-4-8-14(13)16)17-11-15(19)18-9-5-2-6-10-18/h3-4,7-8,12,17H,2,5-6,9-11H2,1H3. The maximum Gasteiger partial charge on any atom is 0.236 e. The fraction of sp³-hybridized carbons (Fsp3) is 0.533. The molecule has 1 aromatic rings. The molecule has 1 aliphatic heterocycles. The van der Waals surface area contributed by atoms with E-state index in [0.717, 1.165) is 30.4 Å². The van der Waals surface area contributed by atoms with Gasteiger partial charge in [0.2, 0.25) is 5.91 Å². The summed E-state index contributed by atoms with van der Waals surface area (Å²) in [6.07, 6.45) is 3.54. The van der Waals surface area contributed by atoms with Crippen LogP contribution in [0.2, 0.25) is 0 Å². The van der Waals surface area contributed by atoms with Crippen LogP contribution in [0.25, 0.3) is 0 Å². The predicted molar refractivity (Wildman–Crippen MR) is 81.0 cm³/mol. The first-order valence-corrected chi connectivity index (χ1v) is 7.73. The number of halogens is 1. The maximum absolute atomic E-state index is 12.1. The number of hydrogen-bond acceptors (Lipinski definition) is 2. The fourth-order valence-corrected chi connectivity index (χ4v) is 3.06. The van der Waals surface area contributed by atoms with Crippen molar-refractivity contribution in [3.05, 3.63) is 34.3 Å². The predicted octanol–water partition coefficient (Wildman–Crippen LogP) is 3.11. The molecule has 1 fully saturated rings. The number of piperidine rings is 1. The molecule has 0 aliphatic carbocycles. The van der Waals surface area contributed by atoms with E-state index in [4.69, 9.17) is 0 Å². The van der Waals surface area contributed by atoms with Gasteiger partial charge in [-0.2, -0.15) is 0 Å². The molecule has 1 aromatic carbocycles. The Labute approximate surface area is 123 Å². The summed E-state index contributed by atoms with van der Waals surface area (Å²) in [5.74, 6) is 0.221. The third-order valence-corrected chi connectivity index (χ3v) is 4.36. The lowest BCUT2D eigenvalue weighted by molar-refractivity contribution is -0.131. The molecule has 0 spiro atoms. The third-order valence-electron chi connectivity index (χ3n) is 3.64. The fourth-order valence-electron chi connectivity index (χ4n) is 2.43. The quantitative estimate of drug-likeness (QED) is 0.922. The lowest BCUT2D eigenvalue weighted by atomic mass is 10.1. The van der Waals surface area contributed by atoms with Crippen molar-refractivity contribution in [2.45, 2.75) is 32.2 Å². The van der Waals surface area contributed by atoms with Crippen LogP contribution in [0.3, 0.4) is 0 Å². The molecule has 2 rings (SSSR count). The molecule has 3 nitrogen and oxygen atoms in total. The van der Waals surface area contributed by atoms with Crippen LogP contribution in [-0.2, 0) is 4.79 Å². The summed E-state index contributed by atoms with van der Waals surface area (Å²) in [7, 11) is 0. The molecule has 19 heavy (non-hydrogen) atoms. The highest BCUT2D eigenvalue weighted by Crippen LogP contribution is 2.22. The van der Waals surface area contributed by atoms with Crippen LogP contribution in [-0.4, -0.2) is 30.4 Å². The van der Waals surface area contributed by atoms with Crippen LogP contribution in [0.15, 0.2) is 28.7 Å². The van der Waals surface area contributed by atoms with Gasteiger partial charge in [0.05, 0.1) is 6.54 Å². The van der Waals surface area contributed by atoms with Gasteiger partial charge in [-0.25, -0.2) is 0 Å². The van der Waals surface area contributed by atoms with Gasteiger partial charge in [-0.3, -0.25) is 4.79 Å². The molecule has 1 heterocycles. The lowest BCUT2D eigenvalue weighted by Gasteiger charge is -2.27. The Balaban J connectivity index is 1.84. The van der Waals surface area contributed by atoms with Crippen molar-refractivity contribution >= 4 is 21.8 Å². The van der Waals surface area contributed by atoms with Gasteiger partial charge in [0.25, 0.3) is 0 Å². The van der Waals surface area contributed by atoms with Crippen LogP contribution < -0.4 is 5.32 Å². The topological polar surface area (TPSA) is 32.3 Å². The first-order valence-electron chi connectivity index (χ1n) is 6.94. The maximum atomic E-state index is 12.1. The second-order valence-electron chi connectivity index (χ2n) is 5.07. The summed E-state index contributed by atoms with van der Waals surface area (Å²) < 4.78 is 1.08. The average molecular weight is 325 g/mol. The lowest BCUT2D eigenvalue weighted by Crippen LogP contribution is -2.41. The average Bonchev–Trinajstić information content (AvgIpc) is 2.46. The van der Waals surface area contributed by atoms with E-state index in [-0.39, 0.29) is 11.9 Å². The van der Waals surface area contributed by atoms with Crippen molar-refractivity contribution in [1.82, 2.24) is 10.2 Å². The van der Waals surface area contributed by atoms with Gasteiger partial charge in [0.1, 0.15) is 0 Å². The second-order valence-corrected chi connectivity index (χ2v) is 5.92. The molecule has 0 aromatic heterocycles. The van der Waals surface area contributed by atoms with E-state index in [1.165, 1.54) is 12.0 Å². The van der Waals surface area contributed by atoms with Crippen LogP contribution in [0.5, 0.6) is 0 Å². The highest BCUT2D eigenvalue weighted by Gasteiger charge is 2.17. The second kappa shape index (κ2) is 7.06. The number of benzene rings is 1. The largest absolute Gasteiger partial charge is 0.342 e. The number of likely N-dealkylation sites (tertiary alicyclic amines) is 1. The molecule has 1 aliphatic rings. The Bertz CT molecular complexity index is 430. The normalized spacial score (nSPS) is 17.3. The smallest absolute Gasteiger partial charge is 0.236 e. The molecule has 1 unspecified atom stereocenters. The highest BCUT2D eigenvalue weighted by atomic mass is 79.9. The van der Waals surface area contributed by atoms with E-state index < -0.39 is 0 Å². The molecular formula is C15H21BrN2O. The van der Waals surface area contributed by atoms with Gasteiger partial charge in [-0.1, -0.05) is 34.1 Å². The SMILES string of the molecule is CC(NCC(=O)N1CCCCC1)c1ccccc1Br. The minimum Gasteiger partial charge on any atom is -0.342 e. The Morgan fingerprint density at radius 1 is 1.32 bits per heavy atom.